The summed E-state index contributed by atoms with van der Waals surface area (Å²) in [5.74, 6) is 0.121. The van der Waals surface area contributed by atoms with Crippen molar-refractivity contribution >= 4 is 11.6 Å². The summed E-state index contributed by atoms with van der Waals surface area (Å²) in [6, 6.07) is 8.31. The Hall–Kier alpha value is -2.65. The summed E-state index contributed by atoms with van der Waals surface area (Å²) < 4.78 is 44.0. The second kappa shape index (κ2) is 7.93. The van der Waals surface area contributed by atoms with Gasteiger partial charge in [0.05, 0.1) is 6.54 Å². The molecule has 1 N–H and O–H groups in total. The standard InChI is InChI=1S/C17H14ClF3N4O2/c18-13-3-1-2-12(5-13)14-4-11(7-25-10-23-15(8-26)24-25)6-22-16(14)27-9-17(19,20)21/h1-6,10,26H,7-9H2. The van der Waals surface area contributed by atoms with Crippen LogP contribution in [0.4, 0.5) is 13.2 Å². The van der Waals surface area contributed by atoms with E-state index in [4.69, 9.17) is 21.4 Å². The molecule has 3 aromatic rings. The molecule has 2 heterocycles. The summed E-state index contributed by atoms with van der Waals surface area (Å²) in [4.78, 5) is 7.95. The van der Waals surface area contributed by atoms with Gasteiger partial charge in [-0.3, -0.25) is 0 Å². The zero-order chi connectivity index (χ0) is 19.4. The largest absolute Gasteiger partial charge is 0.468 e. The number of rotatable bonds is 6. The van der Waals surface area contributed by atoms with Gasteiger partial charge in [0.2, 0.25) is 5.88 Å². The van der Waals surface area contributed by atoms with Crippen LogP contribution in [0.2, 0.25) is 5.02 Å². The van der Waals surface area contributed by atoms with E-state index in [0.717, 1.165) is 0 Å². The normalized spacial score (nSPS) is 11.6. The second-order valence-corrected chi connectivity index (χ2v) is 6.06. The number of nitrogens with zero attached hydrogens (tertiary/aromatic N) is 4. The lowest BCUT2D eigenvalue weighted by atomic mass is 10.1. The van der Waals surface area contributed by atoms with Crippen molar-refractivity contribution in [2.24, 2.45) is 0 Å². The average molecular weight is 399 g/mol. The third-order valence-electron chi connectivity index (χ3n) is 3.49. The second-order valence-electron chi connectivity index (χ2n) is 5.63. The SMILES string of the molecule is OCc1ncn(Cc2cnc(OCC(F)(F)F)c(-c3cccc(Cl)c3)c2)n1. The summed E-state index contributed by atoms with van der Waals surface area (Å²) in [5.41, 5.74) is 1.61. The third-order valence-corrected chi connectivity index (χ3v) is 3.72. The first-order valence-electron chi connectivity index (χ1n) is 7.77. The summed E-state index contributed by atoms with van der Waals surface area (Å²) in [7, 11) is 0. The van der Waals surface area contributed by atoms with Crippen molar-refractivity contribution in [1.29, 1.82) is 0 Å². The third kappa shape index (κ3) is 5.18. The molecular formula is C17H14ClF3N4O2. The molecule has 0 bridgehead atoms. The van der Waals surface area contributed by atoms with Crippen molar-refractivity contribution in [2.75, 3.05) is 6.61 Å². The molecule has 2 aromatic heterocycles. The van der Waals surface area contributed by atoms with E-state index in [1.807, 2.05) is 0 Å². The fourth-order valence-electron chi connectivity index (χ4n) is 2.38. The lowest BCUT2D eigenvalue weighted by Gasteiger charge is -2.14. The Morgan fingerprint density at radius 1 is 1.19 bits per heavy atom. The molecule has 0 amide bonds. The minimum absolute atomic E-state index is 0.145. The molecule has 0 unspecified atom stereocenters. The fourth-order valence-corrected chi connectivity index (χ4v) is 2.57. The number of pyridine rings is 1. The molecule has 0 saturated heterocycles. The van der Waals surface area contributed by atoms with Gasteiger partial charge in [-0.25, -0.2) is 14.6 Å². The van der Waals surface area contributed by atoms with Crippen LogP contribution in [0.3, 0.4) is 0 Å². The first kappa shape index (κ1) is 19.1. The number of alkyl halides is 3. The predicted octanol–water partition coefficient (Wildman–Crippen LogP) is 3.48. The van der Waals surface area contributed by atoms with E-state index < -0.39 is 12.8 Å². The lowest BCUT2D eigenvalue weighted by molar-refractivity contribution is -0.154. The molecular weight excluding hydrogens is 385 g/mol. The molecule has 142 valence electrons. The van der Waals surface area contributed by atoms with Crippen LogP contribution in [-0.2, 0) is 13.2 Å². The zero-order valence-electron chi connectivity index (χ0n) is 13.8. The molecule has 3 rings (SSSR count). The molecule has 0 aliphatic heterocycles. The van der Waals surface area contributed by atoms with Crippen LogP contribution in [-0.4, -0.2) is 37.6 Å². The van der Waals surface area contributed by atoms with Crippen LogP contribution in [0.1, 0.15) is 11.4 Å². The van der Waals surface area contributed by atoms with E-state index in [1.54, 1.807) is 30.3 Å². The number of hydrogen-bond donors (Lipinski definition) is 1. The molecule has 6 nitrogen and oxygen atoms in total. The Morgan fingerprint density at radius 2 is 2.00 bits per heavy atom. The van der Waals surface area contributed by atoms with Crippen LogP contribution in [0.5, 0.6) is 5.88 Å². The molecule has 0 fully saturated rings. The quantitative estimate of drug-likeness (QED) is 0.688. The number of aliphatic hydroxyl groups is 1. The van der Waals surface area contributed by atoms with Gasteiger partial charge in [0.15, 0.2) is 12.4 Å². The molecule has 0 radical (unpaired) electrons. The van der Waals surface area contributed by atoms with Crippen molar-refractivity contribution < 1.29 is 23.0 Å². The van der Waals surface area contributed by atoms with Gasteiger partial charge < -0.3 is 9.84 Å². The van der Waals surface area contributed by atoms with Crippen molar-refractivity contribution in [3.05, 3.63) is 59.3 Å². The summed E-state index contributed by atoms with van der Waals surface area (Å²) in [5, 5.41) is 13.5. The van der Waals surface area contributed by atoms with Gasteiger partial charge >= 0.3 is 6.18 Å². The van der Waals surface area contributed by atoms with Gasteiger partial charge in [0.1, 0.15) is 12.9 Å². The highest BCUT2D eigenvalue weighted by Gasteiger charge is 2.29. The van der Waals surface area contributed by atoms with Crippen LogP contribution >= 0.6 is 11.6 Å². The Morgan fingerprint density at radius 3 is 2.67 bits per heavy atom. The van der Waals surface area contributed by atoms with E-state index in [0.29, 0.717) is 21.7 Å². The maximum Gasteiger partial charge on any atom is 0.422 e. The highest BCUT2D eigenvalue weighted by molar-refractivity contribution is 6.30. The zero-order valence-corrected chi connectivity index (χ0v) is 14.6. The molecule has 10 heteroatoms. The predicted molar refractivity (Wildman–Crippen MR) is 91.3 cm³/mol. The van der Waals surface area contributed by atoms with Gasteiger partial charge in [-0.05, 0) is 29.3 Å². The first-order valence-corrected chi connectivity index (χ1v) is 8.15. The van der Waals surface area contributed by atoms with Crippen LogP contribution in [0, 0.1) is 0 Å². The summed E-state index contributed by atoms with van der Waals surface area (Å²) in [6.45, 7) is -1.47. The molecule has 0 spiro atoms. The topological polar surface area (TPSA) is 73.1 Å². The smallest absolute Gasteiger partial charge is 0.422 e. The van der Waals surface area contributed by atoms with E-state index in [1.165, 1.54) is 17.2 Å². The number of benzene rings is 1. The number of ether oxygens (including phenoxy) is 1. The molecule has 1 aromatic carbocycles. The fraction of sp³-hybridized carbons (Fsp3) is 0.235. The maximum absolute atomic E-state index is 12.5. The molecule has 0 saturated carbocycles. The van der Waals surface area contributed by atoms with E-state index in [2.05, 4.69) is 15.1 Å². The molecule has 0 atom stereocenters. The number of halogens is 4. The number of aromatic nitrogens is 4. The van der Waals surface area contributed by atoms with Crippen LogP contribution in [0.25, 0.3) is 11.1 Å². The van der Waals surface area contributed by atoms with Gasteiger partial charge in [0.25, 0.3) is 0 Å². The van der Waals surface area contributed by atoms with Gasteiger partial charge in [-0.15, -0.1) is 0 Å². The lowest BCUT2D eigenvalue weighted by Crippen LogP contribution is -2.20. The number of aliphatic hydroxyl groups excluding tert-OH is 1. The van der Waals surface area contributed by atoms with Crippen molar-refractivity contribution in [2.45, 2.75) is 19.3 Å². The molecule has 27 heavy (non-hydrogen) atoms. The van der Waals surface area contributed by atoms with Crippen LogP contribution < -0.4 is 4.74 Å². The molecule has 0 aliphatic carbocycles. The number of hydrogen-bond acceptors (Lipinski definition) is 5. The van der Waals surface area contributed by atoms with Crippen LogP contribution in [0.15, 0.2) is 42.9 Å². The van der Waals surface area contributed by atoms with Gasteiger partial charge in [0, 0.05) is 16.8 Å². The van der Waals surface area contributed by atoms with Crippen molar-refractivity contribution in [3.63, 3.8) is 0 Å². The highest BCUT2D eigenvalue weighted by Crippen LogP contribution is 2.32. The van der Waals surface area contributed by atoms with E-state index >= 15 is 0 Å². The van der Waals surface area contributed by atoms with E-state index in [9.17, 15) is 13.2 Å². The Bertz CT molecular complexity index is 931. The minimum atomic E-state index is -4.48. The Balaban J connectivity index is 1.94. The van der Waals surface area contributed by atoms with Crippen molar-refractivity contribution in [3.8, 4) is 17.0 Å². The monoisotopic (exact) mass is 398 g/mol. The summed E-state index contributed by atoms with van der Waals surface area (Å²) >= 11 is 6.00. The molecule has 0 aliphatic rings. The Kier molecular flexibility index (Phi) is 5.62. The van der Waals surface area contributed by atoms with Crippen molar-refractivity contribution in [1.82, 2.24) is 19.7 Å². The maximum atomic E-state index is 12.5. The minimum Gasteiger partial charge on any atom is -0.468 e. The van der Waals surface area contributed by atoms with Gasteiger partial charge in [-0.2, -0.15) is 18.3 Å². The average Bonchev–Trinajstić information content (AvgIpc) is 3.07. The first-order chi connectivity index (χ1) is 12.8. The van der Waals surface area contributed by atoms with E-state index in [-0.39, 0.29) is 24.9 Å². The highest BCUT2D eigenvalue weighted by atomic mass is 35.5. The van der Waals surface area contributed by atoms with Gasteiger partial charge in [-0.1, -0.05) is 23.7 Å². The Labute approximate surface area is 157 Å². The summed E-state index contributed by atoms with van der Waals surface area (Å²) in [6.07, 6.45) is -1.63.